The molecule has 0 bridgehead atoms. The van der Waals surface area contributed by atoms with Crippen LogP contribution in [-0.4, -0.2) is 6.04 Å². The maximum absolute atomic E-state index is 5.91. The van der Waals surface area contributed by atoms with Gasteiger partial charge in [0.2, 0.25) is 0 Å². The summed E-state index contributed by atoms with van der Waals surface area (Å²) in [6.45, 7) is 2.10. The van der Waals surface area contributed by atoms with Crippen LogP contribution in [0.3, 0.4) is 0 Å². The molecular weight excluding hydrogens is 160 g/mol. The Morgan fingerprint density at radius 3 is 2.92 bits per heavy atom. The van der Waals surface area contributed by atoms with Gasteiger partial charge in [-0.2, -0.15) is 0 Å². The van der Waals surface area contributed by atoms with Gasteiger partial charge >= 0.3 is 0 Å². The van der Waals surface area contributed by atoms with Gasteiger partial charge in [0, 0.05) is 11.7 Å². The summed E-state index contributed by atoms with van der Waals surface area (Å²) in [5.74, 6) is 0. The van der Waals surface area contributed by atoms with Gasteiger partial charge in [0.05, 0.1) is 0 Å². The topological polar surface area (TPSA) is 52.0 Å². The summed E-state index contributed by atoms with van der Waals surface area (Å²) in [6, 6.07) is 4.46. The van der Waals surface area contributed by atoms with Gasteiger partial charge in [0.1, 0.15) is 0 Å². The lowest BCUT2D eigenvalue weighted by molar-refractivity contribution is 0.575. The quantitative estimate of drug-likeness (QED) is 0.587. The molecule has 2 nitrogen and oxygen atoms in total. The Balaban J connectivity index is 2.47. The van der Waals surface area contributed by atoms with Gasteiger partial charge in [-0.05, 0) is 48.9 Å². The summed E-state index contributed by atoms with van der Waals surface area (Å²) in [5, 5.41) is 0. The number of hydrogen-bond acceptors (Lipinski definition) is 2. The number of hydrogen-bond donors (Lipinski definition) is 2. The Hall–Kier alpha value is -1.02. The maximum atomic E-state index is 5.91. The molecular formula is C11H16N2. The maximum Gasteiger partial charge on any atom is 0.0346 e. The molecule has 1 aliphatic rings. The zero-order valence-corrected chi connectivity index (χ0v) is 8.01. The number of fused-ring (bicyclic) bond motifs is 1. The zero-order valence-electron chi connectivity index (χ0n) is 8.01. The van der Waals surface area contributed by atoms with Gasteiger partial charge in [-0.25, -0.2) is 0 Å². The van der Waals surface area contributed by atoms with Gasteiger partial charge in [0.25, 0.3) is 0 Å². The molecule has 0 heterocycles. The first-order valence-electron chi connectivity index (χ1n) is 4.81. The van der Waals surface area contributed by atoms with E-state index in [0.29, 0.717) is 6.04 Å². The summed E-state index contributed by atoms with van der Waals surface area (Å²) in [7, 11) is 0. The minimum absolute atomic E-state index is 0.343. The molecule has 0 amide bonds. The molecule has 0 unspecified atom stereocenters. The van der Waals surface area contributed by atoms with Gasteiger partial charge in [0.15, 0.2) is 0 Å². The Morgan fingerprint density at radius 2 is 2.15 bits per heavy atom. The van der Waals surface area contributed by atoms with E-state index in [1.807, 2.05) is 6.07 Å². The van der Waals surface area contributed by atoms with Crippen molar-refractivity contribution in [3.63, 3.8) is 0 Å². The molecule has 0 aromatic heterocycles. The molecule has 0 saturated heterocycles. The number of nitrogens with two attached hydrogens (primary N) is 2. The molecule has 0 radical (unpaired) electrons. The second-order valence-electron chi connectivity index (χ2n) is 3.92. The monoisotopic (exact) mass is 176 g/mol. The average Bonchev–Trinajstić information content (AvgIpc) is 2.12. The summed E-state index contributed by atoms with van der Waals surface area (Å²) in [5.41, 5.74) is 16.7. The SMILES string of the molecule is Cc1c(N)ccc2c1CC[C@@H](N)C2. The molecule has 1 atom stereocenters. The highest BCUT2D eigenvalue weighted by molar-refractivity contribution is 5.54. The van der Waals surface area contributed by atoms with Crippen LogP contribution in [0.1, 0.15) is 23.1 Å². The third kappa shape index (κ3) is 1.42. The zero-order chi connectivity index (χ0) is 9.42. The molecule has 1 aromatic carbocycles. The van der Waals surface area contributed by atoms with Crippen LogP contribution in [0.25, 0.3) is 0 Å². The lowest BCUT2D eigenvalue weighted by Gasteiger charge is -2.23. The highest BCUT2D eigenvalue weighted by Gasteiger charge is 2.17. The predicted molar refractivity (Wildman–Crippen MR) is 55.6 cm³/mol. The van der Waals surface area contributed by atoms with Crippen LogP contribution in [0, 0.1) is 6.92 Å². The third-order valence-corrected chi connectivity index (χ3v) is 2.98. The van der Waals surface area contributed by atoms with Crippen LogP contribution in [-0.2, 0) is 12.8 Å². The molecule has 1 aliphatic carbocycles. The molecule has 4 N–H and O–H groups in total. The second kappa shape index (κ2) is 3.04. The fourth-order valence-corrected chi connectivity index (χ4v) is 2.08. The number of anilines is 1. The van der Waals surface area contributed by atoms with Crippen LogP contribution >= 0.6 is 0 Å². The van der Waals surface area contributed by atoms with Crippen molar-refractivity contribution in [2.45, 2.75) is 32.2 Å². The molecule has 0 saturated carbocycles. The van der Waals surface area contributed by atoms with Crippen LogP contribution < -0.4 is 11.5 Å². The van der Waals surface area contributed by atoms with E-state index in [4.69, 9.17) is 11.5 Å². The smallest absolute Gasteiger partial charge is 0.0346 e. The second-order valence-corrected chi connectivity index (χ2v) is 3.92. The fraction of sp³-hybridized carbons (Fsp3) is 0.455. The van der Waals surface area contributed by atoms with E-state index in [-0.39, 0.29) is 0 Å². The van der Waals surface area contributed by atoms with E-state index in [9.17, 15) is 0 Å². The summed E-state index contributed by atoms with van der Waals surface area (Å²) >= 11 is 0. The molecule has 70 valence electrons. The first-order valence-corrected chi connectivity index (χ1v) is 4.81. The molecule has 2 heteroatoms. The van der Waals surface area contributed by atoms with Gasteiger partial charge < -0.3 is 11.5 Å². The van der Waals surface area contributed by atoms with Gasteiger partial charge in [-0.1, -0.05) is 6.07 Å². The predicted octanol–water partition coefficient (Wildman–Crippen LogP) is 1.39. The average molecular weight is 176 g/mol. The third-order valence-electron chi connectivity index (χ3n) is 2.98. The normalized spacial score (nSPS) is 21.2. The summed E-state index contributed by atoms with van der Waals surface area (Å²) in [4.78, 5) is 0. The van der Waals surface area contributed by atoms with E-state index in [2.05, 4.69) is 13.0 Å². The van der Waals surface area contributed by atoms with Crippen molar-refractivity contribution in [1.82, 2.24) is 0 Å². The van der Waals surface area contributed by atoms with Crippen LogP contribution in [0.4, 0.5) is 5.69 Å². The van der Waals surface area contributed by atoms with E-state index >= 15 is 0 Å². The minimum atomic E-state index is 0.343. The van der Waals surface area contributed by atoms with Crippen molar-refractivity contribution in [1.29, 1.82) is 0 Å². The Bertz CT molecular complexity index is 331. The van der Waals surface area contributed by atoms with Gasteiger partial charge in [-0.3, -0.25) is 0 Å². The van der Waals surface area contributed by atoms with Crippen LogP contribution in [0.5, 0.6) is 0 Å². The molecule has 2 rings (SSSR count). The van der Waals surface area contributed by atoms with Crippen molar-refractivity contribution in [3.8, 4) is 0 Å². The van der Waals surface area contributed by atoms with E-state index in [0.717, 1.165) is 24.9 Å². The van der Waals surface area contributed by atoms with Crippen molar-refractivity contribution in [3.05, 3.63) is 28.8 Å². The summed E-state index contributed by atoms with van der Waals surface area (Å²) < 4.78 is 0. The summed E-state index contributed by atoms with van der Waals surface area (Å²) in [6.07, 6.45) is 3.20. The molecule has 0 aliphatic heterocycles. The lowest BCUT2D eigenvalue weighted by atomic mass is 9.85. The standard InChI is InChI=1S/C11H16N2/c1-7-10-4-3-9(12)6-8(10)2-5-11(7)13/h2,5,9H,3-4,6,12-13H2,1H3/t9-/m1/s1. The van der Waals surface area contributed by atoms with Crippen LogP contribution in [0.2, 0.25) is 0 Å². The van der Waals surface area contributed by atoms with Crippen molar-refractivity contribution in [2.24, 2.45) is 5.73 Å². The minimum Gasteiger partial charge on any atom is -0.399 e. The highest BCUT2D eigenvalue weighted by atomic mass is 14.6. The first-order chi connectivity index (χ1) is 6.18. The first kappa shape index (κ1) is 8.57. The lowest BCUT2D eigenvalue weighted by Crippen LogP contribution is -2.28. The van der Waals surface area contributed by atoms with Crippen molar-refractivity contribution < 1.29 is 0 Å². The van der Waals surface area contributed by atoms with Crippen molar-refractivity contribution in [2.75, 3.05) is 5.73 Å². The Labute approximate surface area is 78.9 Å². The van der Waals surface area contributed by atoms with E-state index < -0.39 is 0 Å². The molecule has 0 spiro atoms. The fourth-order valence-electron chi connectivity index (χ4n) is 2.08. The Morgan fingerprint density at radius 1 is 1.38 bits per heavy atom. The highest BCUT2D eigenvalue weighted by Crippen LogP contribution is 2.26. The largest absolute Gasteiger partial charge is 0.399 e. The van der Waals surface area contributed by atoms with Crippen molar-refractivity contribution >= 4 is 5.69 Å². The molecule has 1 aromatic rings. The molecule has 0 fully saturated rings. The van der Waals surface area contributed by atoms with Crippen LogP contribution in [0.15, 0.2) is 12.1 Å². The Kier molecular flexibility index (Phi) is 2.00. The van der Waals surface area contributed by atoms with E-state index in [1.165, 1.54) is 16.7 Å². The number of nitrogen functional groups attached to an aromatic ring is 1. The number of rotatable bonds is 0. The molecule has 13 heavy (non-hydrogen) atoms. The van der Waals surface area contributed by atoms with E-state index in [1.54, 1.807) is 0 Å². The van der Waals surface area contributed by atoms with Gasteiger partial charge in [-0.15, -0.1) is 0 Å². The number of benzene rings is 1.